The first-order valence-corrected chi connectivity index (χ1v) is 9.90. The summed E-state index contributed by atoms with van der Waals surface area (Å²) in [5.41, 5.74) is 2.46. The van der Waals surface area contributed by atoms with Crippen molar-refractivity contribution in [3.63, 3.8) is 0 Å². The van der Waals surface area contributed by atoms with E-state index in [1.54, 1.807) is 6.92 Å². The molecular weight excluding hydrogens is 380 g/mol. The van der Waals surface area contributed by atoms with Gasteiger partial charge in [0.25, 0.3) is 5.91 Å². The van der Waals surface area contributed by atoms with Gasteiger partial charge in [-0.15, -0.1) is 5.10 Å². The summed E-state index contributed by atoms with van der Waals surface area (Å²) in [6, 6.07) is 2.02. The Kier molecular flexibility index (Phi) is 5.35. The van der Waals surface area contributed by atoms with Crippen LogP contribution >= 0.6 is 11.5 Å². The van der Waals surface area contributed by atoms with Gasteiger partial charge < -0.3 is 25.3 Å². The Labute approximate surface area is 165 Å². The molecule has 0 aliphatic carbocycles. The van der Waals surface area contributed by atoms with Crippen LogP contribution in [0.3, 0.4) is 0 Å². The summed E-state index contributed by atoms with van der Waals surface area (Å²) in [5.74, 6) is 1.27. The number of rotatable bonds is 6. The third-order valence-electron chi connectivity index (χ3n) is 4.46. The maximum Gasteiger partial charge on any atom is 0.265 e. The fourth-order valence-corrected chi connectivity index (χ4v) is 3.62. The Morgan fingerprint density at radius 3 is 2.86 bits per heavy atom. The molecule has 1 saturated heterocycles. The number of amides is 1. The number of nitrogens with one attached hydrogen (secondary N) is 3. The molecule has 148 valence electrons. The minimum absolute atomic E-state index is 0.159. The number of nitrogens with zero attached hydrogens (tertiary/aromatic N) is 5. The van der Waals surface area contributed by atoms with Crippen LogP contribution in [0.25, 0.3) is 11.0 Å². The minimum Gasteiger partial charge on any atom is -0.378 e. The molecule has 0 unspecified atom stereocenters. The Hall–Kier alpha value is -2.79. The molecule has 0 atom stereocenters. The summed E-state index contributed by atoms with van der Waals surface area (Å²) < 4.78 is 9.21. The zero-order chi connectivity index (χ0) is 19.5. The highest BCUT2D eigenvalue weighted by atomic mass is 32.1. The van der Waals surface area contributed by atoms with E-state index in [-0.39, 0.29) is 5.91 Å². The topological polar surface area (TPSA) is 121 Å². The van der Waals surface area contributed by atoms with Gasteiger partial charge in [0.1, 0.15) is 16.3 Å². The van der Waals surface area contributed by atoms with Crippen molar-refractivity contribution in [3.05, 3.63) is 22.3 Å². The molecule has 1 fully saturated rings. The van der Waals surface area contributed by atoms with Crippen molar-refractivity contribution in [1.29, 1.82) is 0 Å². The normalized spacial score (nSPS) is 14.4. The number of anilines is 2. The van der Waals surface area contributed by atoms with E-state index in [1.165, 1.54) is 0 Å². The number of ether oxygens (including phenoxy) is 1. The van der Waals surface area contributed by atoms with E-state index < -0.39 is 0 Å². The van der Waals surface area contributed by atoms with E-state index in [0.717, 1.165) is 47.2 Å². The van der Waals surface area contributed by atoms with Crippen LogP contribution in [0.4, 0.5) is 11.8 Å². The molecular formula is C17H22N8O2S. The lowest BCUT2D eigenvalue weighted by Crippen LogP contribution is -2.37. The predicted molar refractivity (Wildman–Crippen MR) is 107 cm³/mol. The SMILES string of the molecule is Cc1cc2c(NCCNC(=O)c3snnc3C)nc(N3CCOCC3)nc2[nH]1. The van der Waals surface area contributed by atoms with Crippen LogP contribution in [0.1, 0.15) is 21.1 Å². The average molecular weight is 402 g/mol. The Bertz CT molecular complexity index is 979. The Morgan fingerprint density at radius 1 is 1.29 bits per heavy atom. The molecule has 3 aromatic heterocycles. The number of aryl methyl sites for hydroxylation is 2. The summed E-state index contributed by atoms with van der Waals surface area (Å²) >= 11 is 1.10. The van der Waals surface area contributed by atoms with Crippen LogP contribution in [0.2, 0.25) is 0 Å². The number of hydrogen-bond donors (Lipinski definition) is 3. The second-order valence-corrected chi connectivity index (χ2v) is 7.31. The molecule has 11 heteroatoms. The smallest absolute Gasteiger partial charge is 0.265 e. The van der Waals surface area contributed by atoms with Gasteiger partial charge in [0.2, 0.25) is 5.95 Å². The van der Waals surface area contributed by atoms with Gasteiger partial charge in [-0.2, -0.15) is 9.97 Å². The number of carbonyl (C=O) groups excluding carboxylic acids is 1. The number of aromatic amines is 1. The quantitative estimate of drug-likeness (QED) is 0.524. The molecule has 28 heavy (non-hydrogen) atoms. The largest absolute Gasteiger partial charge is 0.378 e. The second kappa shape index (κ2) is 8.07. The Morgan fingerprint density at radius 2 is 2.11 bits per heavy atom. The molecule has 4 heterocycles. The van der Waals surface area contributed by atoms with Crippen molar-refractivity contribution in [3.8, 4) is 0 Å². The van der Waals surface area contributed by atoms with Crippen LogP contribution in [0.5, 0.6) is 0 Å². The van der Waals surface area contributed by atoms with Gasteiger partial charge in [-0.05, 0) is 31.4 Å². The molecule has 1 aliphatic rings. The van der Waals surface area contributed by atoms with E-state index >= 15 is 0 Å². The number of carbonyl (C=O) groups is 1. The molecule has 1 aliphatic heterocycles. The number of fused-ring (bicyclic) bond motifs is 1. The highest BCUT2D eigenvalue weighted by Crippen LogP contribution is 2.24. The number of aromatic nitrogens is 5. The van der Waals surface area contributed by atoms with Crippen molar-refractivity contribution in [2.24, 2.45) is 0 Å². The van der Waals surface area contributed by atoms with Crippen molar-refractivity contribution in [2.75, 3.05) is 49.6 Å². The first kappa shape index (κ1) is 18.6. The monoisotopic (exact) mass is 402 g/mol. The highest BCUT2D eigenvalue weighted by Gasteiger charge is 2.18. The molecule has 3 N–H and O–H groups in total. The van der Waals surface area contributed by atoms with Crippen LogP contribution in [0.15, 0.2) is 6.07 Å². The van der Waals surface area contributed by atoms with Gasteiger partial charge in [-0.3, -0.25) is 4.79 Å². The lowest BCUT2D eigenvalue weighted by molar-refractivity contribution is 0.0958. The van der Waals surface area contributed by atoms with Crippen molar-refractivity contribution in [1.82, 2.24) is 29.9 Å². The van der Waals surface area contributed by atoms with Gasteiger partial charge in [0, 0.05) is 31.9 Å². The number of hydrogen-bond acceptors (Lipinski definition) is 9. The molecule has 1 amide bonds. The van der Waals surface area contributed by atoms with Crippen LogP contribution in [0, 0.1) is 13.8 Å². The lowest BCUT2D eigenvalue weighted by atomic mass is 10.3. The van der Waals surface area contributed by atoms with Gasteiger partial charge in [-0.25, -0.2) is 0 Å². The summed E-state index contributed by atoms with van der Waals surface area (Å²) in [6.07, 6.45) is 0. The standard InChI is InChI=1S/C17H22N8O2S/c1-10-9-12-14(18-3-4-19-16(26)13-11(2)23-24-28-13)21-17(22-15(12)20-10)25-5-7-27-8-6-25/h9H,3-8H2,1-2H3,(H,19,26)(H2,18,20,21,22). The minimum atomic E-state index is -0.159. The highest BCUT2D eigenvalue weighted by molar-refractivity contribution is 7.08. The van der Waals surface area contributed by atoms with Gasteiger partial charge in [0.05, 0.1) is 24.3 Å². The van der Waals surface area contributed by atoms with E-state index in [2.05, 4.69) is 35.1 Å². The molecule has 0 aromatic carbocycles. The first-order valence-electron chi connectivity index (χ1n) is 9.13. The van der Waals surface area contributed by atoms with Crippen LogP contribution in [-0.4, -0.2) is 69.8 Å². The van der Waals surface area contributed by atoms with E-state index in [1.807, 2.05) is 13.0 Å². The molecule has 4 rings (SSSR count). The molecule has 0 saturated carbocycles. The molecule has 0 spiro atoms. The Balaban J connectivity index is 1.45. The predicted octanol–water partition coefficient (Wildman–Crippen LogP) is 1.10. The number of H-pyrrole nitrogens is 1. The van der Waals surface area contributed by atoms with Gasteiger partial charge >= 0.3 is 0 Å². The maximum absolute atomic E-state index is 12.2. The van der Waals surface area contributed by atoms with Gasteiger partial charge in [-0.1, -0.05) is 4.49 Å². The summed E-state index contributed by atoms with van der Waals surface area (Å²) in [7, 11) is 0. The van der Waals surface area contributed by atoms with E-state index in [4.69, 9.17) is 9.72 Å². The summed E-state index contributed by atoms with van der Waals surface area (Å²) in [4.78, 5) is 27.5. The lowest BCUT2D eigenvalue weighted by Gasteiger charge is -2.27. The first-order chi connectivity index (χ1) is 13.6. The average Bonchev–Trinajstić information content (AvgIpc) is 3.30. The third kappa shape index (κ3) is 3.90. The molecule has 3 aromatic rings. The summed E-state index contributed by atoms with van der Waals surface area (Å²) in [5, 5.41) is 11.0. The van der Waals surface area contributed by atoms with Gasteiger partial charge in [0.15, 0.2) is 0 Å². The van der Waals surface area contributed by atoms with Crippen molar-refractivity contribution in [2.45, 2.75) is 13.8 Å². The molecule has 0 radical (unpaired) electrons. The second-order valence-electron chi connectivity index (χ2n) is 6.56. The van der Waals surface area contributed by atoms with Crippen molar-refractivity contribution >= 4 is 40.2 Å². The fraction of sp³-hybridized carbons (Fsp3) is 0.471. The zero-order valence-electron chi connectivity index (χ0n) is 15.8. The van der Waals surface area contributed by atoms with Crippen LogP contribution < -0.4 is 15.5 Å². The maximum atomic E-state index is 12.2. The molecule has 10 nitrogen and oxygen atoms in total. The summed E-state index contributed by atoms with van der Waals surface area (Å²) in [6.45, 7) is 7.64. The third-order valence-corrected chi connectivity index (χ3v) is 5.29. The fourth-order valence-electron chi connectivity index (χ4n) is 3.05. The van der Waals surface area contributed by atoms with Crippen LogP contribution in [-0.2, 0) is 4.74 Å². The van der Waals surface area contributed by atoms with E-state index in [9.17, 15) is 4.79 Å². The van der Waals surface area contributed by atoms with E-state index in [0.29, 0.717) is 42.8 Å². The number of morpholine rings is 1. The molecule has 0 bridgehead atoms. The van der Waals surface area contributed by atoms with Crippen molar-refractivity contribution < 1.29 is 9.53 Å². The zero-order valence-corrected chi connectivity index (χ0v) is 16.6.